The lowest BCUT2D eigenvalue weighted by Gasteiger charge is -2.21. The fourth-order valence-corrected chi connectivity index (χ4v) is 1.47. The van der Waals surface area contributed by atoms with Crippen LogP contribution in [0.25, 0.3) is 0 Å². The summed E-state index contributed by atoms with van der Waals surface area (Å²) >= 11 is 0. The van der Waals surface area contributed by atoms with Crippen LogP contribution in [0.1, 0.15) is 45.7 Å². The quantitative estimate of drug-likeness (QED) is 0.574. The summed E-state index contributed by atoms with van der Waals surface area (Å²) in [5.74, 6) is -0.152. The van der Waals surface area contributed by atoms with Crippen LogP contribution in [-0.4, -0.2) is 0 Å². The summed E-state index contributed by atoms with van der Waals surface area (Å²) in [6, 6.07) is 4.97. The molecule has 0 bridgehead atoms. The van der Waals surface area contributed by atoms with Crippen molar-refractivity contribution in [2.24, 2.45) is 0 Å². The molecule has 0 saturated carbocycles. The highest BCUT2D eigenvalue weighted by atomic mass is 19.1. The molecule has 1 heteroatoms. The van der Waals surface area contributed by atoms with Crippen molar-refractivity contribution < 1.29 is 4.39 Å². The molecule has 0 atom stereocenters. The first-order valence-electron chi connectivity index (χ1n) is 5.18. The Morgan fingerprint density at radius 1 is 1.07 bits per heavy atom. The van der Waals surface area contributed by atoms with Gasteiger partial charge in [0.25, 0.3) is 0 Å². The summed E-state index contributed by atoms with van der Waals surface area (Å²) < 4.78 is 12.7. The lowest BCUT2D eigenvalue weighted by atomic mass is 9.84. The first-order chi connectivity index (χ1) is 6.41. The molecule has 1 aromatic rings. The molecule has 0 nitrogen and oxygen atoms in total. The van der Waals surface area contributed by atoms with Gasteiger partial charge in [-0.15, -0.1) is 0 Å². The average Bonchev–Trinajstić information content (AvgIpc) is 2.05. The van der Waals surface area contributed by atoms with E-state index in [1.165, 1.54) is 11.6 Å². The molecule has 0 N–H and O–H groups in total. The van der Waals surface area contributed by atoms with Gasteiger partial charge in [-0.2, -0.15) is 0 Å². The normalized spacial score (nSPS) is 10.5. The number of halogens is 1. The second-order valence-corrected chi connectivity index (χ2v) is 4.21. The minimum atomic E-state index is -0.152. The van der Waals surface area contributed by atoms with Crippen LogP contribution in [0, 0.1) is 12.7 Å². The van der Waals surface area contributed by atoms with Crippen molar-refractivity contribution in [1.29, 1.82) is 0 Å². The summed E-state index contributed by atoms with van der Waals surface area (Å²) in [5, 5.41) is 0. The third-order valence-corrected chi connectivity index (χ3v) is 2.00. The van der Waals surface area contributed by atoms with Crippen LogP contribution in [0.4, 0.5) is 4.39 Å². The average molecular weight is 196 g/mol. The zero-order valence-electron chi connectivity index (χ0n) is 10.1. The molecule has 0 amide bonds. The minimum Gasteiger partial charge on any atom is -0.207 e. The second-order valence-electron chi connectivity index (χ2n) is 4.21. The van der Waals surface area contributed by atoms with E-state index >= 15 is 0 Å². The van der Waals surface area contributed by atoms with Gasteiger partial charge in [-0.25, -0.2) is 4.39 Å². The Kier molecular flexibility index (Phi) is 4.82. The number of benzene rings is 1. The predicted octanol–water partition coefficient (Wildman–Crippen LogP) is 4.46. The number of aryl methyl sites for hydroxylation is 1. The molecule has 1 rings (SSSR count). The van der Waals surface area contributed by atoms with Crippen LogP contribution in [0.5, 0.6) is 0 Å². The first-order valence-corrected chi connectivity index (χ1v) is 5.18. The highest BCUT2D eigenvalue weighted by Crippen LogP contribution is 2.25. The van der Waals surface area contributed by atoms with Crippen molar-refractivity contribution in [3.05, 3.63) is 35.1 Å². The Hall–Kier alpha value is -0.850. The van der Waals surface area contributed by atoms with E-state index in [9.17, 15) is 4.39 Å². The van der Waals surface area contributed by atoms with E-state index in [1.54, 1.807) is 6.07 Å². The molecule has 0 aliphatic carbocycles. The molecule has 80 valence electrons. The molecule has 0 radical (unpaired) electrons. The van der Waals surface area contributed by atoms with Gasteiger partial charge >= 0.3 is 0 Å². The molecule has 1 aromatic carbocycles. The Bertz CT molecular complexity index is 282. The standard InChI is InChI=1S/C11H15F.C2H6/c1-8-7-9(12)5-6-10(8)11(2,3)4;1-2/h5-7H,1-4H3;1-2H3. The van der Waals surface area contributed by atoms with Crippen molar-refractivity contribution in [1.82, 2.24) is 0 Å². The summed E-state index contributed by atoms with van der Waals surface area (Å²) in [6.45, 7) is 12.3. The molecule has 14 heavy (non-hydrogen) atoms. The van der Waals surface area contributed by atoms with Gasteiger partial charge in [0.2, 0.25) is 0 Å². The van der Waals surface area contributed by atoms with Crippen molar-refractivity contribution in [2.45, 2.75) is 47.0 Å². The number of rotatable bonds is 0. The fraction of sp³-hybridized carbons (Fsp3) is 0.538. The van der Waals surface area contributed by atoms with Crippen LogP contribution in [-0.2, 0) is 5.41 Å². The smallest absolute Gasteiger partial charge is 0.123 e. The third kappa shape index (κ3) is 3.49. The highest BCUT2D eigenvalue weighted by Gasteiger charge is 2.15. The molecular formula is C13H21F. The van der Waals surface area contributed by atoms with Crippen molar-refractivity contribution >= 4 is 0 Å². The molecule has 0 aliphatic heterocycles. The van der Waals surface area contributed by atoms with Gasteiger partial charge < -0.3 is 0 Å². The number of hydrogen-bond donors (Lipinski definition) is 0. The maximum Gasteiger partial charge on any atom is 0.123 e. The molecular weight excluding hydrogens is 175 g/mol. The lowest BCUT2D eigenvalue weighted by molar-refractivity contribution is 0.578. The predicted molar refractivity (Wildman–Crippen MR) is 61.2 cm³/mol. The van der Waals surface area contributed by atoms with Crippen molar-refractivity contribution in [3.8, 4) is 0 Å². The van der Waals surface area contributed by atoms with E-state index in [0.29, 0.717) is 0 Å². The molecule has 0 heterocycles. The van der Waals surface area contributed by atoms with Crippen molar-refractivity contribution in [3.63, 3.8) is 0 Å². The first kappa shape index (κ1) is 13.2. The molecule has 0 aromatic heterocycles. The molecule has 0 saturated heterocycles. The number of hydrogen-bond acceptors (Lipinski definition) is 0. The zero-order chi connectivity index (χ0) is 11.4. The topological polar surface area (TPSA) is 0 Å². The maximum atomic E-state index is 12.7. The highest BCUT2D eigenvalue weighted by molar-refractivity contribution is 5.31. The zero-order valence-corrected chi connectivity index (χ0v) is 10.1. The molecule has 0 spiro atoms. The monoisotopic (exact) mass is 196 g/mol. The van der Waals surface area contributed by atoms with Crippen LogP contribution in [0.2, 0.25) is 0 Å². The summed E-state index contributed by atoms with van der Waals surface area (Å²) in [4.78, 5) is 0. The molecule has 0 fully saturated rings. The Balaban J connectivity index is 0.000000791. The molecule has 0 unspecified atom stereocenters. The summed E-state index contributed by atoms with van der Waals surface area (Å²) in [6.07, 6.45) is 0. The Labute approximate surface area is 87.2 Å². The third-order valence-electron chi connectivity index (χ3n) is 2.00. The van der Waals surface area contributed by atoms with Gasteiger partial charge in [-0.3, -0.25) is 0 Å². The molecule has 0 aliphatic rings. The summed E-state index contributed by atoms with van der Waals surface area (Å²) in [5.41, 5.74) is 2.35. The van der Waals surface area contributed by atoms with E-state index in [2.05, 4.69) is 20.8 Å². The van der Waals surface area contributed by atoms with Gasteiger partial charge in [0.05, 0.1) is 0 Å². The largest absolute Gasteiger partial charge is 0.207 e. The Morgan fingerprint density at radius 3 is 1.93 bits per heavy atom. The van der Waals surface area contributed by atoms with Gasteiger partial charge in [0, 0.05) is 0 Å². The van der Waals surface area contributed by atoms with E-state index in [0.717, 1.165) is 5.56 Å². The Morgan fingerprint density at radius 2 is 1.57 bits per heavy atom. The van der Waals surface area contributed by atoms with Crippen LogP contribution >= 0.6 is 0 Å². The van der Waals surface area contributed by atoms with Crippen molar-refractivity contribution in [2.75, 3.05) is 0 Å². The van der Waals surface area contributed by atoms with E-state index in [4.69, 9.17) is 0 Å². The minimum absolute atomic E-state index is 0.109. The van der Waals surface area contributed by atoms with Crippen LogP contribution < -0.4 is 0 Å². The van der Waals surface area contributed by atoms with Gasteiger partial charge in [-0.05, 0) is 35.6 Å². The fourth-order valence-electron chi connectivity index (χ4n) is 1.47. The van der Waals surface area contributed by atoms with E-state index in [-0.39, 0.29) is 11.2 Å². The van der Waals surface area contributed by atoms with Gasteiger partial charge in [0.1, 0.15) is 5.82 Å². The van der Waals surface area contributed by atoms with Gasteiger partial charge in [-0.1, -0.05) is 40.7 Å². The summed E-state index contributed by atoms with van der Waals surface area (Å²) in [7, 11) is 0. The van der Waals surface area contributed by atoms with E-state index in [1.807, 2.05) is 26.8 Å². The SMILES string of the molecule is CC.Cc1cc(F)ccc1C(C)(C)C. The van der Waals surface area contributed by atoms with Crippen LogP contribution in [0.15, 0.2) is 18.2 Å². The van der Waals surface area contributed by atoms with Gasteiger partial charge in [0.15, 0.2) is 0 Å². The van der Waals surface area contributed by atoms with E-state index < -0.39 is 0 Å². The van der Waals surface area contributed by atoms with Crippen LogP contribution in [0.3, 0.4) is 0 Å². The second kappa shape index (κ2) is 5.14. The lowest BCUT2D eigenvalue weighted by Crippen LogP contribution is -2.12. The maximum absolute atomic E-state index is 12.7.